The van der Waals surface area contributed by atoms with Crippen molar-refractivity contribution in [3.63, 3.8) is 0 Å². The van der Waals surface area contributed by atoms with Crippen molar-refractivity contribution in [2.24, 2.45) is 17.8 Å². The van der Waals surface area contributed by atoms with Crippen LogP contribution in [-0.2, 0) is 19.2 Å². The average Bonchev–Trinajstić information content (AvgIpc) is 2.91. The molecule has 0 aromatic carbocycles. The summed E-state index contributed by atoms with van der Waals surface area (Å²) in [7, 11) is 2.80. The Labute approximate surface area is 236 Å². The van der Waals surface area contributed by atoms with Gasteiger partial charge in [0, 0.05) is 6.07 Å². The third kappa shape index (κ3) is 10.1. The van der Waals surface area contributed by atoms with E-state index in [1.54, 1.807) is 34.6 Å². The van der Waals surface area contributed by atoms with Crippen LogP contribution in [0.5, 0.6) is 11.8 Å². The van der Waals surface area contributed by atoms with Gasteiger partial charge in [0.2, 0.25) is 29.5 Å². The molecule has 0 saturated heterocycles. The lowest BCUT2D eigenvalue weighted by atomic mass is 9.98. The maximum atomic E-state index is 13.4. The monoisotopic (exact) mass is 563 g/mol. The Morgan fingerprint density at radius 2 is 1.40 bits per heavy atom. The summed E-state index contributed by atoms with van der Waals surface area (Å²) in [4.78, 5) is 67.9. The average molecular weight is 564 g/mol. The molecule has 0 bridgehead atoms. The van der Waals surface area contributed by atoms with Crippen molar-refractivity contribution in [2.75, 3.05) is 14.2 Å². The molecule has 0 aliphatic rings. The first-order chi connectivity index (χ1) is 18.8. The zero-order valence-electron chi connectivity index (χ0n) is 25.0. The zero-order chi connectivity index (χ0) is 30.6. The molecule has 4 atom stereocenters. The fourth-order valence-corrected chi connectivity index (χ4v) is 3.88. The molecular formula is C28H45N5O7. The van der Waals surface area contributed by atoms with Crippen LogP contribution in [0, 0.1) is 17.8 Å². The minimum absolute atomic E-state index is 0.0357. The van der Waals surface area contributed by atoms with Gasteiger partial charge in [-0.15, -0.1) is 0 Å². The van der Waals surface area contributed by atoms with Gasteiger partial charge < -0.3 is 35.5 Å². The number of methoxy groups -OCH3 is 2. The molecule has 0 spiro atoms. The van der Waals surface area contributed by atoms with E-state index in [0.717, 1.165) is 0 Å². The number of aldehydes is 1. The second-order valence-corrected chi connectivity index (χ2v) is 10.7. The van der Waals surface area contributed by atoms with Crippen molar-refractivity contribution < 1.29 is 33.4 Å². The van der Waals surface area contributed by atoms with Crippen LogP contribution in [0.2, 0.25) is 0 Å². The summed E-state index contributed by atoms with van der Waals surface area (Å²) in [5, 5.41) is 10.8. The molecule has 0 saturated carbocycles. The molecule has 4 N–H and O–H groups in total. The maximum Gasteiger partial charge on any atom is 0.257 e. The Balaban J connectivity index is 3.10. The zero-order valence-corrected chi connectivity index (χ0v) is 25.0. The lowest BCUT2D eigenvalue weighted by Gasteiger charge is -2.29. The Hall–Kier alpha value is -3.70. The van der Waals surface area contributed by atoms with Crippen LogP contribution < -0.4 is 30.7 Å². The molecule has 224 valence electrons. The van der Waals surface area contributed by atoms with E-state index in [1.165, 1.54) is 26.4 Å². The molecule has 40 heavy (non-hydrogen) atoms. The summed E-state index contributed by atoms with van der Waals surface area (Å²) in [6.07, 6.45) is 1.41. The van der Waals surface area contributed by atoms with Crippen molar-refractivity contribution in [1.82, 2.24) is 26.3 Å². The highest BCUT2D eigenvalue weighted by Crippen LogP contribution is 2.20. The quantitative estimate of drug-likeness (QED) is 0.220. The first-order valence-corrected chi connectivity index (χ1v) is 13.6. The molecule has 12 heteroatoms. The largest absolute Gasteiger partial charge is 0.481 e. The summed E-state index contributed by atoms with van der Waals surface area (Å²) >= 11 is 0. The molecule has 0 fully saturated rings. The number of aromatic nitrogens is 1. The number of carbonyl (C=O) groups excluding carboxylic acids is 5. The third-order valence-electron chi connectivity index (χ3n) is 6.24. The number of hydrogen-bond donors (Lipinski definition) is 4. The maximum absolute atomic E-state index is 13.4. The topological polar surface area (TPSA) is 165 Å². The van der Waals surface area contributed by atoms with Gasteiger partial charge in [0.05, 0.1) is 20.3 Å². The molecule has 1 aromatic heterocycles. The molecule has 1 aromatic rings. The van der Waals surface area contributed by atoms with Crippen molar-refractivity contribution in [3.05, 3.63) is 17.7 Å². The van der Waals surface area contributed by atoms with E-state index in [0.29, 0.717) is 19.1 Å². The van der Waals surface area contributed by atoms with Gasteiger partial charge in [-0.2, -0.15) is 4.98 Å². The van der Waals surface area contributed by atoms with E-state index in [4.69, 9.17) is 9.47 Å². The normalized spacial score (nSPS) is 14.1. The minimum atomic E-state index is -0.988. The molecule has 0 radical (unpaired) electrons. The Bertz CT molecular complexity index is 1030. The Morgan fingerprint density at radius 1 is 0.825 bits per heavy atom. The van der Waals surface area contributed by atoms with E-state index in [2.05, 4.69) is 26.3 Å². The van der Waals surface area contributed by atoms with E-state index < -0.39 is 47.8 Å². The van der Waals surface area contributed by atoms with Gasteiger partial charge in [-0.1, -0.05) is 48.5 Å². The molecule has 0 aliphatic carbocycles. The number of nitrogens with one attached hydrogen (secondary N) is 4. The highest BCUT2D eigenvalue weighted by molar-refractivity contribution is 6.00. The Morgan fingerprint density at radius 3 is 1.88 bits per heavy atom. The molecule has 4 amide bonds. The molecule has 0 unspecified atom stereocenters. The van der Waals surface area contributed by atoms with Crippen molar-refractivity contribution in [1.29, 1.82) is 0 Å². The lowest BCUT2D eigenvalue weighted by Crippen LogP contribution is -2.59. The van der Waals surface area contributed by atoms with Gasteiger partial charge in [-0.05, 0) is 36.7 Å². The van der Waals surface area contributed by atoms with Crippen molar-refractivity contribution in [3.8, 4) is 11.8 Å². The number of pyridine rings is 1. The number of carbonyl (C=O) groups is 5. The molecule has 0 aliphatic heterocycles. The Kier molecular flexibility index (Phi) is 14.1. The lowest BCUT2D eigenvalue weighted by molar-refractivity contribution is -0.134. The standard InChI is InChI=1S/C28H45N5O7/c1-10-18(14-34)29-25(36)20(13-15(2)3)30-26(37)22(16(4)5)33-27(38)23(17(6)7)32-24(35)19-11-12-21(39-8)31-28(19)40-9/h11-12,14-18,20,22-23H,10,13H2,1-9H3,(H,29,36)(H,30,37)(H,32,35)(H,33,38)/t18-,20-,22-,23-/m0/s1. The van der Waals surface area contributed by atoms with Gasteiger partial charge in [0.1, 0.15) is 30.0 Å². The summed E-state index contributed by atoms with van der Waals surface area (Å²) in [5.41, 5.74) is 0.114. The number of hydrogen-bond acceptors (Lipinski definition) is 8. The van der Waals surface area contributed by atoms with Crippen LogP contribution in [0.4, 0.5) is 0 Å². The van der Waals surface area contributed by atoms with Crippen LogP contribution in [0.3, 0.4) is 0 Å². The third-order valence-corrected chi connectivity index (χ3v) is 6.24. The molecule has 1 heterocycles. The van der Waals surface area contributed by atoms with Crippen molar-refractivity contribution >= 4 is 29.9 Å². The predicted molar refractivity (Wildman–Crippen MR) is 150 cm³/mol. The van der Waals surface area contributed by atoms with Gasteiger partial charge in [0.15, 0.2) is 0 Å². The summed E-state index contributed by atoms with van der Waals surface area (Å²) in [5.74, 6) is -2.45. The summed E-state index contributed by atoms with van der Waals surface area (Å²) in [6, 6.07) is -0.542. The molecular weight excluding hydrogens is 518 g/mol. The van der Waals surface area contributed by atoms with Gasteiger partial charge >= 0.3 is 0 Å². The van der Waals surface area contributed by atoms with E-state index in [9.17, 15) is 24.0 Å². The van der Waals surface area contributed by atoms with Crippen LogP contribution in [0.1, 0.15) is 71.7 Å². The highest BCUT2D eigenvalue weighted by Gasteiger charge is 2.33. The number of nitrogens with zero attached hydrogens (tertiary/aromatic N) is 1. The second-order valence-electron chi connectivity index (χ2n) is 10.7. The summed E-state index contributed by atoms with van der Waals surface area (Å²) < 4.78 is 10.3. The van der Waals surface area contributed by atoms with Gasteiger partial charge in [-0.25, -0.2) is 0 Å². The fourth-order valence-electron chi connectivity index (χ4n) is 3.88. The van der Waals surface area contributed by atoms with Gasteiger partial charge in [0.25, 0.3) is 5.91 Å². The smallest absolute Gasteiger partial charge is 0.257 e. The molecule has 12 nitrogen and oxygen atoms in total. The van der Waals surface area contributed by atoms with Crippen LogP contribution in [0.15, 0.2) is 12.1 Å². The van der Waals surface area contributed by atoms with E-state index in [-0.39, 0.29) is 35.1 Å². The van der Waals surface area contributed by atoms with E-state index >= 15 is 0 Å². The number of amides is 4. The minimum Gasteiger partial charge on any atom is -0.481 e. The highest BCUT2D eigenvalue weighted by atomic mass is 16.5. The van der Waals surface area contributed by atoms with E-state index in [1.807, 2.05) is 13.8 Å². The SMILES string of the molecule is CC[C@@H](C=O)NC(=O)[C@H](CC(C)C)NC(=O)[C@@H](NC(=O)[C@@H](NC(=O)c1ccc(OC)nc1OC)C(C)C)C(C)C. The predicted octanol–water partition coefficient (Wildman–Crippen LogP) is 1.62. The fraction of sp³-hybridized carbons (Fsp3) is 0.643. The number of rotatable bonds is 16. The summed E-state index contributed by atoms with van der Waals surface area (Å²) in [6.45, 7) is 12.6. The van der Waals surface area contributed by atoms with Gasteiger partial charge in [-0.3, -0.25) is 19.2 Å². The van der Waals surface area contributed by atoms with Crippen LogP contribution in [0.25, 0.3) is 0 Å². The first kappa shape index (κ1) is 34.3. The second kappa shape index (κ2) is 16.4. The van der Waals surface area contributed by atoms with Crippen molar-refractivity contribution in [2.45, 2.75) is 85.5 Å². The number of ether oxygens (including phenoxy) is 2. The van der Waals surface area contributed by atoms with Crippen LogP contribution in [-0.4, -0.2) is 73.3 Å². The van der Waals surface area contributed by atoms with Crippen LogP contribution >= 0.6 is 0 Å². The first-order valence-electron chi connectivity index (χ1n) is 13.6. The molecule has 1 rings (SSSR count).